The van der Waals surface area contributed by atoms with E-state index in [1.54, 1.807) is 0 Å². The number of likely N-dealkylation sites (N-methyl/N-ethyl adjacent to an activating group) is 2. The third-order valence-corrected chi connectivity index (χ3v) is 4.89. The quantitative estimate of drug-likeness (QED) is 0.844. The van der Waals surface area contributed by atoms with Gasteiger partial charge in [0.25, 0.3) is 0 Å². The summed E-state index contributed by atoms with van der Waals surface area (Å²) in [6.45, 7) is 5.26. The largest absolute Gasteiger partial charge is 0.345 e. The second-order valence-electron chi connectivity index (χ2n) is 4.83. The molecule has 1 aromatic rings. The molecule has 100 valence electrons. The zero-order valence-corrected chi connectivity index (χ0v) is 13.4. The molecule has 1 aliphatic heterocycles. The molecular weight excluding hydrogens is 312 g/mol. The summed E-state index contributed by atoms with van der Waals surface area (Å²) >= 11 is 8.83. The van der Waals surface area contributed by atoms with E-state index in [4.69, 9.17) is 12.2 Å². The van der Waals surface area contributed by atoms with Crippen LogP contribution in [0.4, 0.5) is 0 Å². The lowest BCUT2D eigenvalue weighted by molar-refractivity contribution is 0.109. The van der Waals surface area contributed by atoms with Crippen molar-refractivity contribution < 1.29 is 0 Å². The molecule has 1 aromatic heterocycles. The number of nitrogens with one attached hydrogen (secondary N) is 1. The molecule has 1 unspecified atom stereocenters. The van der Waals surface area contributed by atoms with Gasteiger partial charge in [0.2, 0.25) is 0 Å². The van der Waals surface area contributed by atoms with Crippen molar-refractivity contribution in [3.05, 3.63) is 20.6 Å². The van der Waals surface area contributed by atoms with E-state index in [0.29, 0.717) is 10.7 Å². The summed E-state index contributed by atoms with van der Waals surface area (Å²) in [5.41, 5.74) is 1.13. The van der Waals surface area contributed by atoms with E-state index in [9.17, 15) is 0 Å². The van der Waals surface area contributed by atoms with Crippen molar-refractivity contribution in [2.24, 2.45) is 0 Å². The molecule has 1 atom stereocenters. The van der Waals surface area contributed by atoms with Crippen LogP contribution in [0.25, 0.3) is 0 Å². The smallest absolute Gasteiger partial charge is 0.144 e. The Balaban J connectivity index is 2.38. The van der Waals surface area contributed by atoms with E-state index in [2.05, 4.69) is 56.7 Å². The SMILES string of the molecule is CCc1[nH]c(C2CN(C)CCN2C)nc(=S)c1Br. The number of hydrogen-bond donors (Lipinski definition) is 1. The summed E-state index contributed by atoms with van der Waals surface area (Å²) < 4.78 is 1.58. The monoisotopic (exact) mass is 330 g/mol. The van der Waals surface area contributed by atoms with E-state index in [-0.39, 0.29) is 0 Å². The van der Waals surface area contributed by atoms with Crippen LogP contribution in [0.2, 0.25) is 0 Å². The first-order valence-electron chi connectivity index (χ1n) is 6.20. The van der Waals surface area contributed by atoms with Gasteiger partial charge in [0.1, 0.15) is 10.5 Å². The number of aromatic nitrogens is 2. The first kappa shape index (κ1) is 14.1. The van der Waals surface area contributed by atoms with Gasteiger partial charge >= 0.3 is 0 Å². The molecule has 0 radical (unpaired) electrons. The van der Waals surface area contributed by atoms with Crippen molar-refractivity contribution in [2.75, 3.05) is 33.7 Å². The summed E-state index contributed by atoms with van der Waals surface area (Å²) in [4.78, 5) is 12.6. The Labute approximate surface area is 122 Å². The van der Waals surface area contributed by atoms with Crippen molar-refractivity contribution in [3.63, 3.8) is 0 Å². The fraction of sp³-hybridized carbons (Fsp3) is 0.667. The van der Waals surface area contributed by atoms with Crippen molar-refractivity contribution >= 4 is 28.1 Å². The maximum Gasteiger partial charge on any atom is 0.144 e. The molecule has 0 aromatic carbocycles. The molecule has 6 heteroatoms. The Kier molecular flexibility index (Phi) is 4.53. The Morgan fingerprint density at radius 1 is 1.44 bits per heavy atom. The van der Waals surface area contributed by atoms with E-state index in [1.807, 2.05) is 0 Å². The zero-order valence-electron chi connectivity index (χ0n) is 11.0. The average molecular weight is 331 g/mol. The van der Waals surface area contributed by atoms with Crippen LogP contribution in [0, 0.1) is 4.64 Å². The molecular formula is C12H19BrN4S. The maximum atomic E-state index is 5.32. The number of nitrogens with zero attached hydrogens (tertiary/aromatic N) is 3. The Bertz CT molecular complexity index is 487. The number of halogens is 1. The molecule has 1 N–H and O–H groups in total. The third-order valence-electron chi connectivity index (χ3n) is 3.47. The van der Waals surface area contributed by atoms with Gasteiger partial charge in [0, 0.05) is 25.3 Å². The van der Waals surface area contributed by atoms with Gasteiger partial charge < -0.3 is 9.88 Å². The normalized spacial score (nSPS) is 22.3. The van der Waals surface area contributed by atoms with Crippen LogP contribution >= 0.6 is 28.1 Å². The first-order chi connectivity index (χ1) is 8.52. The van der Waals surface area contributed by atoms with Crippen LogP contribution in [0.15, 0.2) is 4.47 Å². The number of aryl methyl sites for hydroxylation is 1. The fourth-order valence-corrected chi connectivity index (χ4v) is 2.92. The number of hydrogen-bond acceptors (Lipinski definition) is 4. The van der Waals surface area contributed by atoms with E-state index in [1.165, 1.54) is 0 Å². The molecule has 0 spiro atoms. The highest BCUT2D eigenvalue weighted by molar-refractivity contribution is 9.10. The van der Waals surface area contributed by atoms with E-state index >= 15 is 0 Å². The lowest BCUT2D eigenvalue weighted by Gasteiger charge is -2.37. The second-order valence-corrected chi connectivity index (χ2v) is 6.01. The van der Waals surface area contributed by atoms with Gasteiger partial charge in [0.15, 0.2) is 0 Å². The van der Waals surface area contributed by atoms with Crippen molar-refractivity contribution in [1.29, 1.82) is 0 Å². The highest BCUT2D eigenvalue weighted by atomic mass is 79.9. The van der Waals surface area contributed by atoms with Crippen LogP contribution in [0.1, 0.15) is 24.5 Å². The second kappa shape index (κ2) is 5.77. The highest BCUT2D eigenvalue weighted by Gasteiger charge is 2.26. The minimum Gasteiger partial charge on any atom is -0.345 e. The topological polar surface area (TPSA) is 35.2 Å². The van der Waals surface area contributed by atoms with Crippen molar-refractivity contribution in [3.8, 4) is 0 Å². The molecule has 18 heavy (non-hydrogen) atoms. The predicted octanol–water partition coefficient (Wildman–Crippen LogP) is 2.38. The standard InChI is InChI=1S/C12H19BrN4S/c1-4-8-10(13)12(18)15-11(14-8)9-7-16(2)5-6-17(9)3/h9H,4-7H2,1-3H3,(H,14,15,18). The molecule has 0 bridgehead atoms. The Morgan fingerprint density at radius 3 is 2.83 bits per heavy atom. The minimum absolute atomic E-state index is 0.295. The zero-order chi connectivity index (χ0) is 13.3. The number of piperazine rings is 1. The molecule has 2 heterocycles. The fourth-order valence-electron chi connectivity index (χ4n) is 2.23. The number of rotatable bonds is 2. The summed E-state index contributed by atoms with van der Waals surface area (Å²) in [7, 11) is 4.29. The van der Waals surface area contributed by atoms with Crippen LogP contribution in [0.3, 0.4) is 0 Å². The Morgan fingerprint density at radius 2 is 2.17 bits per heavy atom. The highest BCUT2D eigenvalue weighted by Crippen LogP contribution is 2.23. The molecule has 1 saturated heterocycles. The molecule has 1 aliphatic rings. The van der Waals surface area contributed by atoms with Gasteiger partial charge in [-0.05, 0) is 36.4 Å². The summed E-state index contributed by atoms with van der Waals surface area (Å²) in [6, 6.07) is 0.295. The van der Waals surface area contributed by atoms with Gasteiger partial charge in [-0.25, -0.2) is 4.98 Å². The summed E-state index contributed by atoms with van der Waals surface area (Å²) in [6.07, 6.45) is 0.923. The van der Waals surface area contributed by atoms with Gasteiger partial charge in [-0.3, -0.25) is 4.90 Å². The van der Waals surface area contributed by atoms with Crippen LogP contribution < -0.4 is 0 Å². The first-order valence-corrected chi connectivity index (χ1v) is 7.40. The molecule has 4 nitrogen and oxygen atoms in total. The lowest BCUT2D eigenvalue weighted by Crippen LogP contribution is -2.45. The van der Waals surface area contributed by atoms with Gasteiger partial charge in [-0.15, -0.1) is 0 Å². The average Bonchev–Trinajstić information content (AvgIpc) is 2.35. The van der Waals surface area contributed by atoms with E-state index < -0.39 is 0 Å². The third kappa shape index (κ3) is 2.82. The lowest BCUT2D eigenvalue weighted by atomic mass is 10.1. The number of H-pyrrole nitrogens is 1. The van der Waals surface area contributed by atoms with Gasteiger partial charge in [-0.2, -0.15) is 0 Å². The van der Waals surface area contributed by atoms with Gasteiger partial charge in [-0.1, -0.05) is 19.1 Å². The minimum atomic E-state index is 0.295. The molecule has 0 saturated carbocycles. The van der Waals surface area contributed by atoms with Crippen molar-refractivity contribution in [2.45, 2.75) is 19.4 Å². The Hall–Kier alpha value is -0.300. The number of aromatic amines is 1. The van der Waals surface area contributed by atoms with Crippen LogP contribution in [-0.2, 0) is 6.42 Å². The molecule has 2 rings (SSSR count). The molecule has 0 amide bonds. The van der Waals surface area contributed by atoms with Crippen LogP contribution in [-0.4, -0.2) is 53.5 Å². The maximum absolute atomic E-state index is 5.32. The molecule has 1 fully saturated rings. The van der Waals surface area contributed by atoms with Crippen LogP contribution in [0.5, 0.6) is 0 Å². The summed E-state index contributed by atoms with van der Waals surface area (Å²) in [5, 5.41) is 0. The van der Waals surface area contributed by atoms with Gasteiger partial charge in [0.05, 0.1) is 10.5 Å². The summed E-state index contributed by atoms with van der Waals surface area (Å²) in [5.74, 6) is 0.981. The molecule has 0 aliphatic carbocycles. The van der Waals surface area contributed by atoms with Crippen molar-refractivity contribution in [1.82, 2.24) is 19.8 Å². The van der Waals surface area contributed by atoms with E-state index in [0.717, 1.165) is 42.0 Å². The predicted molar refractivity (Wildman–Crippen MR) is 79.4 cm³/mol.